The van der Waals surface area contributed by atoms with E-state index in [1.807, 2.05) is 0 Å². The van der Waals surface area contributed by atoms with E-state index in [1.54, 1.807) is 20.8 Å². The molecule has 0 saturated carbocycles. The van der Waals surface area contributed by atoms with E-state index in [1.165, 1.54) is 11.8 Å². The highest BCUT2D eigenvalue weighted by molar-refractivity contribution is 8.00. The summed E-state index contributed by atoms with van der Waals surface area (Å²) >= 11 is 1.22. The summed E-state index contributed by atoms with van der Waals surface area (Å²) in [6, 6.07) is 0. The molecule has 0 bridgehead atoms. The fraction of sp³-hybridized carbons (Fsp3) is 0.500. The number of aryl methyl sites for hydroxylation is 1. The lowest BCUT2D eigenvalue weighted by molar-refractivity contribution is -0.305. The molecule has 0 aliphatic heterocycles. The smallest absolute Gasteiger partial charge is 0.340 e. The second-order valence-corrected chi connectivity index (χ2v) is 5.55. The van der Waals surface area contributed by atoms with Gasteiger partial charge in [-0.3, -0.25) is 4.79 Å². The lowest BCUT2D eigenvalue weighted by atomic mass is 10.1. The summed E-state index contributed by atoms with van der Waals surface area (Å²) in [5.41, 5.74) is 1.92. The maximum Gasteiger partial charge on any atom is 0.340 e. The Hall–Kier alpha value is -1.76. The van der Waals surface area contributed by atoms with Gasteiger partial charge in [0.25, 0.3) is 0 Å². The Bertz CT molecular complexity index is 550. The number of aromatic nitrogens is 1. The van der Waals surface area contributed by atoms with Crippen molar-refractivity contribution in [3.63, 3.8) is 0 Å². The van der Waals surface area contributed by atoms with E-state index >= 15 is 0 Å². The van der Waals surface area contributed by atoms with E-state index in [0.29, 0.717) is 28.3 Å². The van der Waals surface area contributed by atoms with Crippen LogP contribution < -0.4 is 5.11 Å². The average molecular weight is 312 g/mol. The number of H-pyrrole nitrogens is 1. The molecule has 1 heterocycles. The number of hydrogen-bond donors (Lipinski definition) is 1. The van der Waals surface area contributed by atoms with Crippen LogP contribution in [-0.4, -0.2) is 40.8 Å². The number of nitrogens with one attached hydrogen (secondary N) is 1. The summed E-state index contributed by atoms with van der Waals surface area (Å²) < 4.78 is 4.96. The number of esters is 1. The van der Waals surface area contributed by atoms with Crippen molar-refractivity contribution in [1.29, 1.82) is 0 Å². The molecular formula is C14H18NO5S-. The van der Waals surface area contributed by atoms with E-state index < -0.39 is 11.9 Å². The molecular weight excluding hydrogens is 294 g/mol. The number of hydrogen-bond acceptors (Lipinski definition) is 6. The summed E-state index contributed by atoms with van der Waals surface area (Å²) in [4.78, 5) is 37.1. The van der Waals surface area contributed by atoms with Crippen molar-refractivity contribution in [2.75, 3.05) is 18.1 Å². The third-order valence-electron chi connectivity index (χ3n) is 2.88. The summed E-state index contributed by atoms with van der Waals surface area (Å²) in [7, 11) is 0. The quantitative estimate of drug-likeness (QED) is 0.434. The normalized spacial score (nSPS) is 10.4. The molecule has 1 rings (SSSR count). The average Bonchev–Trinajstić information content (AvgIpc) is 2.70. The van der Waals surface area contributed by atoms with Crippen molar-refractivity contribution in [3.05, 3.63) is 22.5 Å². The van der Waals surface area contributed by atoms with Gasteiger partial charge >= 0.3 is 5.97 Å². The summed E-state index contributed by atoms with van der Waals surface area (Å²) in [6.07, 6.45) is -0.0885. The van der Waals surface area contributed by atoms with Crippen LogP contribution in [0.1, 0.15) is 45.4 Å². The number of aliphatic carboxylic acids is 1. The highest BCUT2D eigenvalue weighted by Gasteiger charge is 2.22. The van der Waals surface area contributed by atoms with Crippen molar-refractivity contribution < 1.29 is 24.2 Å². The molecule has 0 unspecified atom stereocenters. The van der Waals surface area contributed by atoms with Gasteiger partial charge in [-0.25, -0.2) is 4.79 Å². The number of carbonyl (C=O) groups excluding carboxylic acids is 3. The van der Waals surface area contributed by atoms with Crippen molar-refractivity contribution >= 4 is 29.5 Å². The predicted octanol–water partition coefficient (Wildman–Crippen LogP) is 0.864. The first kappa shape index (κ1) is 17.3. The zero-order chi connectivity index (χ0) is 16.0. The van der Waals surface area contributed by atoms with Gasteiger partial charge in [-0.15, -0.1) is 0 Å². The van der Waals surface area contributed by atoms with Crippen LogP contribution in [0, 0.1) is 13.8 Å². The van der Waals surface area contributed by atoms with Crippen LogP contribution in [0.4, 0.5) is 0 Å². The van der Waals surface area contributed by atoms with Gasteiger partial charge in [0.1, 0.15) is 0 Å². The second-order valence-electron chi connectivity index (χ2n) is 4.44. The lowest BCUT2D eigenvalue weighted by Gasteiger charge is -2.03. The molecule has 0 amide bonds. The van der Waals surface area contributed by atoms with Crippen LogP contribution in [0.5, 0.6) is 0 Å². The van der Waals surface area contributed by atoms with E-state index in [0.717, 1.165) is 0 Å². The van der Waals surface area contributed by atoms with Crippen LogP contribution >= 0.6 is 11.8 Å². The number of carbonyl (C=O) groups is 3. The number of carboxylic acids is 1. The molecule has 0 atom stereocenters. The minimum absolute atomic E-state index is 0.0885. The molecule has 0 saturated heterocycles. The van der Waals surface area contributed by atoms with Crippen LogP contribution in [-0.2, 0) is 9.53 Å². The number of Topliss-reactive ketones (excluding diaryl/α,β-unsaturated/α-hetero) is 1. The van der Waals surface area contributed by atoms with Gasteiger partial charge in [0.15, 0.2) is 5.78 Å². The third-order valence-corrected chi connectivity index (χ3v) is 3.84. The molecule has 1 N–H and O–H groups in total. The van der Waals surface area contributed by atoms with Crippen molar-refractivity contribution in [2.24, 2.45) is 0 Å². The minimum Gasteiger partial charge on any atom is -0.550 e. The molecule has 7 heteroatoms. The van der Waals surface area contributed by atoms with E-state index in [-0.39, 0.29) is 24.6 Å². The van der Waals surface area contributed by atoms with Crippen LogP contribution in [0.3, 0.4) is 0 Å². The zero-order valence-electron chi connectivity index (χ0n) is 12.3. The van der Waals surface area contributed by atoms with Gasteiger partial charge in [0.05, 0.1) is 23.6 Å². The van der Waals surface area contributed by atoms with Gasteiger partial charge < -0.3 is 19.6 Å². The van der Waals surface area contributed by atoms with Crippen molar-refractivity contribution in [1.82, 2.24) is 4.98 Å². The number of ether oxygens (including phenoxy) is 1. The largest absolute Gasteiger partial charge is 0.550 e. The Morgan fingerprint density at radius 2 is 1.95 bits per heavy atom. The summed E-state index contributed by atoms with van der Waals surface area (Å²) in [5.74, 6) is -1.29. The Labute approximate surface area is 127 Å². The molecule has 0 aromatic carbocycles. The Kier molecular flexibility index (Phi) is 6.48. The summed E-state index contributed by atoms with van der Waals surface area (Å²) in [6.45, 7) is 5.38. The molecule has 116 valence electrons. The molecule has 6 nitrogen and oxygen atoms in total. The van der Waals surface area contributed by atoms with Gasteiger partial charge in [-0.05, 0) is 38.5 Å². The molecule has 21 heavy (non-hydrogen) atoms. The molecule has 0 spiro atoms. The number of carboxylic acid groups (broad SMARTS) is 1. The monoisotopic (exact) mass is 312 g/mol. The molecule has 0 fully saturated rings. The van der Waals surface area contributed by atoms with Crippen molar-refractivity contribution in [2.45, 2.75) is 27.2 Å². The molecule has 1 aromatic heterocycles. The molecule has 1 aromatic rings. The van der Waals surface area contributed by atoms with E-state index in [9.17, 15) is 19.5 Å². The van der Waals surface area contributed by atoms with E-state index in [2.05, 4.69) is 4.98 Å². The Morgan fingerprint density at radius 1 is 1.29 bits per heavy atom. The van der Waals surface area contributed by atoms with E-state index in [4.69, 9.17) is 4.74 Å². The number of aromatic amines is 1. The first-order valence-electron chi connectivity index (χ1n) is 6.55. The van der Waals surface area contributed by atoms with Crippen molar-refractivity contribution in [3.8, 4) is 0 Å². The lowest BCUT2D eigenvalue weighted by Crippen LogP contribution is -2.22. The van der Waals surface area contributed by atoms with Crippen LogP contribution in [0.15, 0.2) is 0 Å². The maximum absolute atomic E-state index is 12.1. The SMILES string of the molecule is CCOC(=O)c1c(C)[nH]c(C(=O)CSCCC(=O)[O-])c1C. The first-order valence-corrected chi connectivity index (χ1v) is 7.71. The van der Waals surface area contributed by atoms with Gasteiger partial charge in [-0.1, -0.05) is 0 Å². The topological polar surface area (TPSA) is 99.3 Å². The van der Waals surface area contributed by atoms with Gasteiger partial charge in [-0.2, -0.15) is 11.8 Å². The minimum atomic E-state index is -1.13. The molecule has 0 radical (unpaired) electrons. The Balaban J connectivity index is 2.75. The van der Waals surface area contributed by atoms with Crippen LogP contribution in [0.2, 0.25) is 0 Å². The number of thioether (sulfide) groups is 1. The zero-order valence-corrected chi connectivity index (χ0v) is 13.1. The fourth-order valence-electron chi connectivity index (χ4n) is 1.93. The summed E-state index contributed by atoms with van der Waals surface area (Å²) in [5, 5.41) is 10.3. The fourth-order valence-corrected chi connectivity index (χ4v) is 2.72. The number of ketones is 1. The van der Waals surface area contributed by atoms with Gasteiger partial charge in [0, 0.05) is 11.7 Å². The predicted molar refractivity (Wildman–Crippen MR) is 77.5 cm³/mol. The highest BCUT2D eigenvalue weighted by atomic mass is 32.2. The van der Waals surface area contributed by atoms with Crippen LogP contribution in [0.25, 0.3) is 0 Å². The standard InChI is InChI=1S/C14H19NO5S/c1-4-20-14(19)12-8(2)13(15-9(12)3)10(16)7-21-6-5-11(17)18/h15H,4-7H2,1-3H3,(H,17,18)/p-1. The molecule has 0 aliphatic carbocycles. The maximum atomic E-state index is 12.1. The second kappa shape index (κ2) is 7.87. The van der Waals surface area contributed by atoms with Gasteiger partial charge in [0.2, 0.25) is 0 Å². The molecule has 0 aliphatic rings. The number of rotatable bonds is 8. The third kappa shape index (κ3) is 4.63. The first-order chi connectivity index (χ1) is 9.88. The highest BCUT2D eigenvalue weighted by Crippen LogP contribution is 2.20. The Morgan fingerprint density at radius 3 is 2.52 bits per heavy atom.